The molecule has 1 heterocycles. The van der Waals surface area contributed by atoms with Crippen molar-refractivity contribution in [2.24, 2.45) is 11.5 Å². The molecule has 1 amide bonds. The van der Waals surface area contributed by atoms with Crippen LogP contribution in [0.1, 0.15) is 5.56 Å². The number of primary amides is 1. The lowest BCUT2D eigenvalue weighted by molar-refractivity contribution is -0.124. The van der Waals surface area contributed by atoms with E-state index < -0.39 is 11.4 Å². The van der Waals surface area contributed by atoms with Gasteiger partial charge in [-0.15, -0.1) is 0 Å². The number of nitrogens with two attached hydrogens (primary N) is 2. The molecule has 1 unspecified atom stereocenters. The van der Waals surface area contributed by atoms with Crippen molar-refractivity contribution in [3.05, 3.63) is 35.9 Å². The molecule has 1 aliphatic rings. The quantitative estimate of drug-likeness (QED) is 0.765. The predicted octanol–water partition coefficient (Wildman–Crippen LogP) is -0.342. The summed E-state index contributed by atoms with van der Waals surface area (Å²) in [5, 5.41) is 0. The van der Waals surface area contributed by atoms with Gasteiger partial charge in [0.2, 0.25) is 5.91 Å². The van der Waals surface area contributed by atoms with Gasteiger partial charge in [0, 0.05) is 19.6 Å². The van der Waals surface area contributed by atoms with Crippen molar-refractivity contribution < 1.29 is 9.53 Å². The monoisotopic (exact) mass is 249 g/mol. The fraction of sp³-hybridized carbons (Fsp3) is 0.462. The number of ether oxygens (including phenoxy) is 1. The van der Waals surface area contributed by atoms with E-state index in [1.165, 1.54) is 0 Å². The normalized spacial score (nSPS) is 20.3. The van der Waals surface area contributed by atoms with Crippen molar-refractivity contribution in [1.29, 1.82) is 0 Å². The van der Waals surface area contributed by atoms with Crippen LogP contribution >= 0.6 is 0 Å². The molecule has 4 N–H and O–H groups in total. The summed E-state index contributed by atoms with van der Waals surface area (Å²) in [6.45, 7) is 3.32. The number of carbonyl (C=O) groups excluding carboxylic acids is 1. The lowest BCUT2D eigenvalue weighted by Crippen LogP contribution is -2.57. The first-order valence-electron chi connectivity index (χ1n) is 6.07. The topological polar surface area (TPSA) is 81.6 Å². The first kappa shape index (κ1) is 13.0. The standard InChI is InChI=1S/C13H19N3O2/c14-12(17)13(15,11-4-2-1-3-5-11)10-16-6-8-18-9-7-16/h1-5H,6-10,15H2,(H2,14,17). The van der Waals surface area contributed by atoms with E-state index in [-0.39, 0.29) is 0 Å². The molecule has 0 bridgehead atoms. The molecule has 5 nitrogen and oxygen atoms in total. The minimum atomic E-state index is -1.14. The number of amides is 1. The molecule has 1 aliphatic heterocycles. The van der Waals surface area contributed by atoms with Gasteiger partial charge in [0.25, 0.3) is 0 Å². The number of morpholine rings is 1. The SMILES string of the molecule is NC(=O)C(N)(CN1CCOCC1)c1ccccc1. The van der Waals surface area contributed by atoms with E-state index in [0.717, 1.165) is 18.7 Å². The van der Waals surface area contributed by atoms with E-state index in [2.05, 4.69) is 4.90 Å². The molecule has 1 aromatic rings. The Labute approximate surface area is 107 Å². The number of hydrogen-bond donors (Lipinski definition) is 2. The molecular weight excluding hydrogens is 230 g/mol. The van der Waals surface area contributed by atoms with Crippen molar-refractivity contribution in [2.45, 2.75) is 5.54 Å². The maximum atomic E-state index is 11.7. The van der Waals surface area contributed by atoms with Crippen molar-refractivity contribution in [1.82, 2.24) is 4.90 Å². The smallest absolute Gasteiger partial charge is 0.243 e. The van der Waals surface area contributed by atoms with E-state index in [4.69, 9.17) is 16.2 Å². The maximum absolute atomic E-state index is 11.7. The summed E-state index contributed by atoms with van der Waals surface area (Å²) >= 11 is 0. The van der Waals surface area contributed by atoms with E-state index in [0.29, 0.717) is 19.8 Å². The van der Waals surface area contributed by atoms with Gasteiger partial charge in [-0.1, -0.05) is 30.3 Å². The van der Waals surface area contributed by atoms with Crippen LogP contribution in [-0.2, 0) is 15.1 Å². The molecule has 18 heavy (non-hydrogen) atoms. The molecule has 1 saturated heterocycles. The number of carbonyl (C=O) groups is 1. The third-order valence-electron chi connectivity index (χ3n) is 3.31. The van der Waals surface area contributed by atoms with Gasteiger partial charge >= 0.3 is 0 Å². The number of rotatable bonds is 4. The fourth-order valence-corrected chi connectivity index (χ4v) is 2.16. The summed E-state index contributed by atoms with van der Waals surface area (Å²) in [5.41, 5.74) is 11.3. The van der Waals surface area contributed by atoms with Crippen LogP contribution in [0.4, 0.5) is 0 Å². The molecule has 0 aromatic heterocycles. The van der Waals surface area contributed by atoms with Crippen molar-refractivity contribution in [3.8, 4) is 0 Å². The van der Waals surface area contributed by atoms with Crippen LogP contribution < -0.4 is 11.5 Å². The highest BCUT2D eigenvalue weighted by atomic mass is 16.5. The summed E-state index contributed by atoms with van der Waals surface area (Å²) in [6.07, 6.45) is 0. The molecule has 2 rings (SSSR count). The van der Waals surface area contributed by atoms with Gasteiger partial charge < -0.3 is 16.2 Å². The molecule has 0 spiro atoms. The van der Waals surface area contributed by atoms with Crippen LogP contribution in [0.25, 0.3) is 0 Å². The third kappa shape index (κ3) is 2.69. The number of nitrogens with zero attached hydrogens (tertiary/aromatic N) is 1. The Kier molecular flexibility index (Phi) is 3.96. The molecule has 1 fully saturated rings. The zero-order valence-electron chi connectivity index (χ0n) is 10.3. The van der Waals surface area contributed by atoms with E-state index >= 15 is 0 Å². The zero-order valence-corrected chi connectivity index (χ0v) is 10.3. The summed E-state index contributed by atoms with van der Waals surface area (Å²) < 4.78 is 5.28. The Bertz CT molecular complexity index is 404. The Morgan fingerprint density at radius 2 is 1.89 bits per heavy atom. The Balaban J connectivity index is 2.19. The summed E-state index contributed by atoms with van der Waals surface area (Å²) in [5.74, 6) is -0.500. The first-order valence-corrected chi connectivity index (χ1v) is 6.07. The zero-order chi connectivity index (χ0) is 13.0. The van der Waals surface area contributed by atoms with E-state index in [1.807, 2.05) is 30.3 Å². The second kappa shape index (κ2) is 5.48. The van der Waals surface area contributed by atoms with Crippen LogP contribution in [0.2, 0.25) is 0 Å². The number of hydrogen-bond acceptors (Lipinski definition) is 4. The second-order valence-corrected chi connectivity index (χ2v) is 4.59. The van der Waals surface area contributed by atoms with Crippen molar-refractivity contribution >= 4 is 5.91 Å². The highest BCUT2D eigenvalue weighted by Crippen LogP contribution is 2.19. The van der Waals surface area contributed by atoms with Crippen molar-refractivity contribution in [3.63, 3.8) is 0 Å². The molecular formula is C13H19N3O2. The number of benzene rings is 1. The van der Waals surface area contributed by atoms with E-state index in [1.54, 1.807) is 0 Å². The largest absolute Gasteiger partial charge is 0.379 e. The third-order valence-corrected chi connectivity index (χ3v) is 3.31. The molecule has 0 aliphatic carbocycles. The molecule has 5 heteroatoms. The lowest BCUT2D eigenvalue weighted by atomic mass is 9.89. The van der Waals surface area contributed by atoms with Crippen LogP contribution in [0.15, 0.2) is 30.3 Å². The summed E-state index contributed by atoms with van der Waals surface area (Å²) in [4.78, 5) is 13.8. The minimum absolute atomic E-state index is 0.426. The van der Waals surface area contributed by atoms with Gasteiger partial charge in [0.05, 0.1) is 13.2 Å². The highest BCUT2D eigenvalue weighted by molar-refractivity contribution is 5.86. The van der Waals surface area contributed by atoms with Gasteiger partial charge in [-0.05, 0) is 5.56 Å². The van der Waals surface area contributed by atoms with Crippen molar-refractivity contribution in [2.75, 3.05) is 32.8 Å². The van der Waals surface area contributed by atoms with Crippen LogP contribution in [0.3, 0.4) is 0 Å². The Morgan fingerprint density at radius 3 is 2.44 bits per heavy atom. The van der Waals surface area contributed by atoms with Crippen LogP contribution in [0, 0.1) is 0 Å². The molecule has 98 valence electrons. The van der Waals surface area contributed by atoms with E-state index in [9.17, 15) is 4.79 Å². The maximum Gasteiger partial charge on any atom is 0.243 e. The first-order chi connectivity index (χ1) is 8.63. The van der Waals surface area contributed by atoms with Gasteiger partial charge in [-0.3, -0.25) is 9.69 Å². The van der Waals surface area contributed by atoms with Crippen LogP contribution in [-0.4, -0.2) is 43.7 Å². The highest BCUT2D eigenvalue weighted by Gasteiger charge is 2.36. The van der Waals surface area contributed by atoms with Crippen LogP contribution in [0.5, 0.6) is 0 Å². The van der Waals surface area contributed by atoms with Gasteiger partial charge in [0.15, 0.2) is 0 Å². The average Bonchev–Trinajstić information content (AvgIpc) is 2.40. The predicted molar refractivity (Wildman–Crippen MR) is 68.8 cm³/mol. The van der Waals surface area contributed by atoms with Gasteiger partial charge in [-0.25, -0.2) is 0 Å². The Morgan fingerprint density at radius 1 is 1.28 bits per heavy atom. The summed E-state index contributed by atoms with van der Waals surface area (Å²) in [7, 11) is 0. The second-order valence-electron chi connectivity index (χ2n) is 4.59. The molecule has 0 saturated carbocycles. The van der Waals surface area contributed by atoms with Gasteiger partial charge in [-0.2, -0.15) is 0 Å². The molecule has 1 aromatic carbocycles. The fourth-order valence-electron chi connectivity index (χ4n) is 2.16. The average molecular weight is 249 g/mol. The molecule has 1 atom stereocenters. The molecule has 0 radical (unpaired) electrons. The lowest BCUT2D eigenvalue weighted by Gasteiger charge is -2.35. The minimum Gasteiger partial charge on any atom is -0.379 e. The summed E-state index contributed by atoms with van der Waals surface area (Å²) in [6, 6.07) is 9.29. The van der Waals surface area contributed by atoms with Gasteiger partial charge in [0.1, 0.15) is 5.54 Å². The Hall–Kier alpha value is -1.43.